The highest BCUT2D eigenvalue weighted by molar-refractivity contribution is 6.31. The number of ether oxygens (including phenoxy) is 1. The van der Waals surface area contributed by atoms with E-state index in [1.165, 1.54) is 12.1 Å². The predicted molar refractivity (Wildman–Crippen MR) is 75.3 cm³/mol. The fourth-order valence-electron chi connectivity index (χ4n) is 1.70. The number of aliphatic hydroxyl groups is 1. The van der Waals surface area contributed by atoms with E-state index in [2.05, 4.69) is 0 Å². The van der Waals surface area contributed by atoms with Gasteiger partial charge in [-0.3, -0.25) is 10.1 Å². The Bertz CT molecular complexity index is 658. The molecule has 0 atom stereocenters. The third-order valence-electron chi connectivity index (χ3n) is 2.73. The molecule has 0 aromatic heterocycles. The van der Waals surface area contributed by atoms with Crippen molar-refractivity contribution in [3.8, 4) is 11.5 Å². The fraction of sp³-hybridized carbons (Fsp3) is 0.143. The Hall–Kier alpha value is -2.11. The van der Waals surface area contributed by atoms with Gasteiger partial charge in [0.25, 0.3) is 0 Å². The van der Waals surface area contributed by atoms with E-state index in [1.54, 1.807) is 31.2 Å². The maximum Gasteiger partial charge on any atom is 0.311 e. The number of aliphatic hydroxyl groups excluding tert-OH is 1. The molecule has 104 valence electrons. The standard InChI is InChI=1S/C14H12ClNO4/c1-9-2-5-14(13(6-9)16(18)19)20-11-4-3-10(8-17)12(15)7-11/h2-7,17H,8H2,1H3. The average Bonchev–Trinajstić information content (AvgIpc) is 2.41. The zero-order chi connectivity index (χ0) is 14.7. The Morgan fingerprint density at radius 1 is 1.30 bits per heavy atom. The molecule has 0 aliphatic carbocycles. The molecular formula is C14H12ClNO4. The topological polar surface area (TPSA) is 72.6 Å². The van der Waals surface area contributed by atoms with Gasteiger partial charge in [-0.1, -0.05) is 23.7 Å². The molecule has 0 saturated heterocycles. The van der Waals surface area contributed by atoms with Crippen molar-refractivity contribution >= 4 is 17.3 Å². The van der Waals surface area contributed by atoms with E-state index in [0.29, 0.717) is 16.3 Å². The monoisotopic (exact) mass is 293 g/mol. The third kappa shape index (κ3) is 3.07. The molecular weight excluding hydrogens is 282 g/mol. The largest absolute Gasteiger partial charge is 0.450 e. The Labute approximate surface area is 120 Å². The van der Waals surface area contributed by atoms with Crippen molar-refractivity contribution in [3.05, 3.63) is 62.7 Å². The summed E-state index contributed by atoms with van der Waals surface area (Å²) in [6.45, 7) is 1.59. The number of hydrogen-bond donors (Lipinski definition) is 1. The number of hydrogen-bond acceptors (Lipinski definition) is 4. The minimum absolute atomic E-state index is 0.104. The van der Waals surface area contributed by atoms with Crippen molar-refractivity contribution in [2.75, 3.05) is 0 Å². The van der Waals surface area contributed by atoms with Crippen LogP contribution in [-0.4, -0.2) is 10.0 Å². The molecule has 1 N–H and O–H groups in total. The molecule has 0 spiro atoms. The summed E-state index contributed by atoms with van der Waals surface area (Å²) in [6.07, 6.45) is 0. The first-order chi connectivity index (χ1) is 9.51. The van der Waals surface area contributed by atoms with Crippen LogP contribution in [0.4, 0.5) is 5.69 Å². The Balaban J connectivity index is 2.35. The van der Waals surface area contributed by atoms with Gasteiger partial charge in [0, 0.05) is 11.1 Å². The average molecular weight is 294 g/mol. The molecule has 0 unspecified atom stereocenters. The highest BCUT2D eigenvalue weighted by atomic mass is 35.5. The van der Waals surface area contributed by atoms with Crippen LogP contribution in [0, 0.1) is 17.0 Å². The lowest BCUT2D eigenvalue weighted by molar-refractivity contribution is -0.385. The Morgan fingerprint density at radius 3 is 2.65 bits per heavy atom. The summed E-state index contributed by atoms with van der Waals surface area (Å²) in [5.41, 5.74) is 1.24. The second kappa shape index (κ2) is 5.90. The molecule has 2 aromatic carbocycles. The van der Waals surface area contributed by atoms with Crippen LogP contribution in [0.15, 0.2) is 36.4 Å². The van der Waals surface area contributed by atoms with E-state index >= 15 is 0 Å². The van der Waals surface area contributed by atoms with Gasteiger partial charge in [0.1, 0.15) is 5.75 Å². The number of halogens is 1. The summed E-state index contributed by atoms with van der Waals surface area (Å²) >= 11 is 5.95. The van der Waals surface area contributed by atoms with E-state index < -0.39 is 4.92 Å². The molecule has 0 amide bonds. The molecule has 0 saturated carbocycles. The quantitative estimate of drug-likeness (QED) is 0.686. The van der Waals surface area contributed by atoms with Gasteiger partial charge in [-0.25, -0.2) is 0 Å². The highest BCUT2D eigenvalue weighted by Crippen LogP contribution is 2.33. The van der Waals surface area contributed by atoms with Gasteiger partial charge in [0.15, 0.2) is 0 Å². The van der Waals surface area contributed by atoms with Crippen LogP contribution < -0.4 is 4.74 Å². The van der Waals surface area contributed by atoms with Crippen LogP contribution in [0.2, 0.25) is 5.02 Å². The van der Waals surface area contributed by atoms with Crippen LogP contribution in [0.25, 0.3) is 0 Å². The van der Waals surface area contributed by atoms with E-state index in [-0.39, 0.29) is 18.0 Å². The number of aryl methyl sites for hydroxylation is 1. The maximum atomic E-state index is 11.0. The van der Waals surface area contributed by atoms with Gasteiger partial charge in [0.05, 0.1) is 11.5 Å². The maximum absolute atomic E-state index is 11.0. The summed E-state index contributed by atoms with van der Waals surface area (Å²) in [7, 11) is 0. The van der Waals surface area contributed by atoms with Crippen LogP contribution in [0.3, 0.4) is 0 Å². The smallest absolute Gasteiger partial charge is 0.311 e. The van der Waals surface area contributed by atoms with Gasteiger partial charge in [0.2, 0.25) is 5.75 Å². The number of nitro benzene ring substituents is 1. The number of nitro groups is 1. The second-order valence-electron chi connectivity index (χ2n) is 4.24. The second-order valence-corrected chi connectivity index (χ2v) is 4.65. The lowest BCUT2D eigenvalue weighted by atomic mass is 10.2. The molecule has 5 nitrogen and oxygen atoms in total. The summed E-state index contributed by atoms with van der Waals surface area (Å²) in [5, 5.41) is 20.4. The Morgan fingerprint density at radius 2 is 2.05 bits per heavy atom. The first kappa shape index (κ1) is 14.3. The molecule has 6 heteroatoms. The Kier molecular flexibility index (Phi) is 4.22. The fourth-order valence-corrected chi connectivity index (χ4v) is 1.93. The highest BCUT2D eigenvalue weighted by Gasteiger charge is 2.16. The molecule has 0 radical (unpaired) electrons. The van der Waals surface area contributed by atoms with Crippen molar-refractivity contribution in [2.45, 2.75) is 13.5 Å². The predicted octanol–water partition coefficient (Wildman–Crippen LogP) is 3.84. The van der Waals surface area contributed by atoms with Crippen LogP contribution in [0.1, 0.15) is 11.1 Å². The summed E-state index contributed by atoms with van der Waals surface area (Å²) in [5.74, 6) is 0.521. The van der Waals surface area contributed by atoms with Crippen LogP contribution >= 0.6 is 11.6 Å². The van der Waals surface area contributed by atoms with Crippen LogP contribution in [-0.2, 0) is 6.61 Å². The SMILES string of the molecule is Cc1ccc(Oc2ccc(CO)c(Cl)c2)c([N+](=O)[O-])c1. The summed E-state index contributed by atoms with van der Waals surface area (Å²) in [4.78, 5) is 10.5. The van der Waals surface area contributed by atoms with Gasteiger partial charge < -0.3 is 9.84 Å². The van der Waals surface area contributed by atoms with Gasteiger partial charge in [-0.15, -0.1) is 0 Å². The molecule has 2 rings (SSSR count). The minimum atomic E-state index is -0.494. The number of rotatable bonds is 4. The summed E-state index contributed by atoms with van der Waals surface area (Å²) < 4.78 is 5.50. The van der Waals surface area contributed by atoms with Crippen LogP contribution in [0.5, 0.6) is 11.5 Å². The van der Waals surface area contributed by atoms with E-state index in [4.69, 9.17) is 21.4 Å². The lowest BCUT2D eigenvalue weighted by Gasteiger charge is -2.08. The molecule has 0 bridgehead atoms. The van der Waals surface area contributed by atoms with Gasteiger partial charge in [-0.05, 0) is 36.2 Å². The van der Waals surface area contributed by atoms with Crippen molar-refractivity contribution in [1.29, 1.82) is 0 Å². The molecule has 20 heavy (non-hydrogen) atoms. The van der Waals surface area contributed by atoms with Crippen molar-refractivity contribution < 1.29 is 14.8 Å². The lowest BCUT2D eigenvalue weighted by Crippen LogP contribution is -1.94. The number of benzene rings is 2. The van der Waals surface area contributed by atoms with Gasteiger partial charge in [-0.2, -0.15) is 0 Å². The first-order valence-corrected chi connectivity index (χ1v) is 6.21. The molecule has 2 aromatic rings. The van der Waals surface area contributed by atoms with Gasteiger partial charge >= 0.3 is 5.69 Å². The van der Waals surface area contributed by atoms with Crippen molar-refractivity contribution in [2.24, 2.45) is 0 Å². The summed E-state index contributed by atoms with van der Waals surface area (Å²) in [6, 6.07) is 9.43. The first-order valence-electron chi connectivity index (χ1n) is 5.83. The minimum Gasteiger partial charge on any atom is -0.450 e. The van der Waals surface area contributed by atoms with Crippen molar-refractivity contribution in [3.63, 3.8) is 0 Å². The zero-order valence-electron chi connectivity index (χ0n) is 10.7. The molecule has 0 heterocycles. The van der Waals surface area contributed by atoms with E-state index in [1.807, 2.05) is 0 Å². The molecule has 0 aliphatic heterocycles. The molecule has 0 aliphatic rings. The molecule has 0 fully saturated rings. The normalized spacial score (nSPS) is 10.3. The van der Waals surface area contributed by atoms with Crippen molar-refractivity contribution in [1.82, 2.24) is 0 Å². The van der Waals surface area contributed by atoms with E-state index in [0.717, 1.165) is 5.56 Å². The van der Waals surface area contributed by atoms with E-state index in [9.17, 15) is 10.1 Å². The third-order valence-corrected chi connectivity index (χ3v) is 3.09. The zero-order valence-corrected chi connectivity index (χ0v) is 11.4. The number of nitrogens with zero attached hydrogens (tertiary/aromatic N) is 1.